The van der Waals surface area contributed by atoms with Crippen LogP contribution in [0.1, 0.15) is 25.3 Å². The monoisotopic (exact) mass is 284 g/mol. The Bertz CT molecular complexity index is 675. The number of amidine groups is 1. The second-order valence-electron chi connectivity index (χ2n) is 5.71. The van der Waals surface area contributed by atoms with Crippen molar-refractivity contribution in [3.8, 4) is 0 Å². The molecular formula is C16H20N4O. The Morgan fingerprint density at radius 2 is 2.05 bits per heavy atom. The average Bonchev–Trinajstić information content (AvgIpc) is 2.53. The first-order valence-corrected chi connectivity index (χ1v) is 7.31. The maximum atomic E-state index is 9.04. The zero-order valence-electron chi connectivity index (χ0n) is 12.2. The molecule has 0 bridgehead atoms. The van der Waals surface area contributed by atoms with E-state index in [1.54, 1.807) is 0 Å². The van der Waals surface area contributed by atoms with E-state index in [9.17, 15) is 0 Å². The van der Waals surface area contributed by atoms with Crippen molar-refractivity contribution in [2.75, 3.05) is 18.0 Å². The van der Waals surface area contributed by atoms with Crippen LogP contribution in [0.25, 0.3) is 10.9 Å². The minimum absolute atomic E-state index is 0.113. The molecular weight excluding hydrogens is 264 g/mol. The Morgan fingerprint density at radius 3 is 2.76 bits per heavy atom. The van der Waals surface area contributed by atoms with Gasteiger partial charge in [0.05, 0.1) is 11.1 Å². The van der Waals surface area contributed by atoms with Gasteiger partial charge in [-0.15, -0.1) is 0 Å². The number of anilines is 1. The smallest absolute Gasteiger partial charge is 0.173 e. The van der Waals surface area contributed by atoms with Crippen LogP contribution in [0.5, 0.6) is 0 Å². The fraction of sp³-hybridized carbons (Fsp3) is 0.375. The summed E-state index contributed by atoms with van der Waals surface area (Å²) in [5, 5.41) is 13.2. The largest absolute Gasteiger partial charge is 0.409 e. The van der Waals surface area contributed by atoms with Gasteiger partial charge in [-0.2, -0.15) is 0 Å². The summed E-state index contributed by atoms with van der Waals surface area (Å²) in [6.07, 6.45) is 2.29. The standard InChI is InChI=1S/C16H20N4O/c1-11-6-8-20(9-7-11)16-13(15(17)19-21)10-12-4-2-3-5-14(12)18-16/h2-5,10-11,21H,6-9H2,1H3,(H2,17,19). The molecule has 0 atom stereocenters. The van der Waals surface area contributed by atoms with Gasteiger partial charge in [-0.3, -0.25) is 0 Å². The molecule has 110 valence electrons. The van der Waals surface area contributed by atoms with Gasteiger partial charge in [0.15, 0.2) is 5.84 Å². The SMILES string of the molecule is CC1CCN(c2nc3ccccc3cc2C(N)=NO)CC1. The molecule has 0 amide bonds. The number of rotatable bonds is 2. The predicted octanol–water partition coefficient (Wildman–Crippen LogP) is 2.57. The number of hydrogen-bond acceptors (Lipinski definition) is 4. The highest BCUT2D eigenvalue weighted by molar-refractivity contribution is 6.04. The van der Waals surface area contributed by atoms with Crippen molar-refractivity contribution in [1.29, 1.82) is 0 Å². The Labute approximate surface area is 124 Å². The Kier molecular flexibility index (Phi) is 3.64. The summed E-state index contributed by atoms with van der Waals surface area (Å²) in [6, 6.07) is 9.85. The molecule has 0 spiro atoms. The molecule has 1 aromatic carbocycles. The molecule has 3 N–H and O–H groups in total. The second kappa shape index (κ2) is 5.60. The van der Waals surface area contributed by atoms with E-state index in [1.165, 1.54) is 0 Å². The molecule has 1 aliphatic heterocycles. The molecule has 1 saturated heterocycles. The van der Waals surface area contributed by atoms with Crippen LogP contribution in [0.15, 0.2) is 35.5 Å². The number of fused-ring (bicyclic) bond motifs is 1. The first kappa shape index (κ1) is 13.7. The third-order valence-corrected chi connectivity index (χ3v) is 4.17. The number of oxime groups is 1. The van der Waals surface area contributed by atoms with Gasteiger partial charge in [0.1, 0.15) is 5.82 Å². The van der Waals surface area contributed by atoms with E-state index in [0.29, 0.717) is 5.56 Å². The summed E-state index contributed by atoms with van der Waals surface area (Å²) in [6.45, 7) is 4.19. The fourth-order valence-corrected chi connectivity index (χ4v) is 2.81. The molecule has 0 radical (unpaired) electrons. The van der Waals surface area contributed by atoms with Crippen LogP contribution in [0.2, 0.25) is 0 Å². The van der Waals surface area contributed by atoms with E-state index in [1.807, 2.05) is 30.3 Å². The topological polar surface area (TPSA) is 74.7 Å². The summed E-state index contributed by atoms with van der Waals surface area (Å²) in [4.78, 5) is 6.98. The van der Waals surface area contributed by atoms with E-state index in [4.69, 9.17) is 15.9 Å². The summed E-state index contributed by atoms with van der Waals surface area (Å²) >= 11 is 0. The van der Waals surface area contributed by atoms with E-state index >= 15 is 0 Å². The molecule has 5 nitrogen and oxygen atoms in total. The number of nitrogens with two attached hydrogens (primary N) is 1. The van der Waals surface area contributed by atoms with Gasteiger partial charge < -0.3 is 15.8 Å². The normalized spacial score (nSPS) is 17.4. The van der Waals surface area contributed by atoms with Crippen LogP contribution < -0.4 is 10.6 Å². The van der Waals surface area contributed by atoms with Crippen molar-refractivity contribution in [2.24, 2.45) is 16.8 Å². The van der Waals surface area contributed by atoms with Gasteiger partial charge in [0, 0.05) is 18.5 Å². The predicted molar refractivity (Wildman–Crippen MR) is 84.9 cm³/mol. The van der Waals surface area contributed by atoms with Gasteiger partial charge in [0.2, 0.25) is 0 Å². The van der Waals surface area contributed by atoms with Crippen molar-refractivity contribution in [1.82, 2.24) is 4.98 Å². The van der Waals surface area contributed by atoms with Crippen LogP contribution in [-0.4, -0.2) is 29.1 Å². The maximum absolute atomic E-state index is 9.04. The number of nitrogens with zero attached hydrogens (tertiary/aromatic N) is 3. The lowest BCUT2D eigenvalue weighted by atomic mass is 9.98. The molecule has 2 heterocycles. The molecule has 5 heteroatoms. The molecule has 1 aliphatic rings. The number of benzene rings is 1. The van der Waals surface area contributed by atoms with E-state index in [0.717, 1.165) is 48.6 Å². The average molecular weight is 284 g/mol. The van der Waals surface area contributed by atoms with E-state index in [2.05, 4.69) is 17.0 Å². The lowest BCUT2D eigenvalue weighted by Crippen LogP contribution is -2.35. The molecule has 0 unspecified atom stereocenters. The van der Waals surface area contributed by atoms with Gasteiger partial charge in [0.25, 0.3) is 0 Å². The molecule has 1 aromatic heterocycles. The number of pyridine rings is 1. The quantitative estimate of drug-likeness (QED) is 0.385. The van der Waals surface area contributed by atoms with Gasteiger partial charge >= 0.3 is 0 Å². The lowest BCUT2D eigenvalue weighted by Gasteiger charge is -2.32. The lowest BCUT2D eigenvalue weighted by molar-refractivity contribution is 0.318. The van der Waals surface area contributed by atoms with Crippen LogP contribution in [0, 0.1) is 5.92 Å². The minimum Gasteiger partial charge on any atom is -0.409 e. The van der Waals surface area contributed by atoms with Crippen LogP contribution in [-0.2, 0) is 0 Å². The number of piperidine rings is 1. The van der Waals surface area contributed by atoms with Crippen molar-refractivity contribution in [3.05, 3.63) is 35.9 Å². The van der Waals surface area contributed by atoms with Crippen molar-refractivity contribution >= 4 is 22.6 Å². The summed E-state index contributed by atoms with van der Waals surface area (Å²) in [7, 11) is 0. The number of para-hydroxylation sites is 1. The van der Waals surface area contributed by atoms with Crippen LogP contribution in [0.3, 0.4) is 0 Å². The summed E-state index contributed by atoms with van der Waals surface area (Å²) in [5.41, 5.74) is 7.48. The van der Waals surface area contributed by atoms with Gasteiger partial charge in [-0.1, -0.05) is 30.3 Å². The Balaban J connectivity index is 2.10. The molecule has 3 rings (SSSR count). The highest BCUT2D eigenvalue weighted by Gasteiger charge is 2.21. The highest BCUT2D eigenvalue weighted by Crippen LogP contribution is 2.27. The summed E-state index contributed by atoms with van der Waals surface area (Å²) in [5.74, 6) is 1.67. The molecule has 0 saturated carbocycles. The summed E-state index contributed by atoms with van der Waals surface area (Å²) < 4.78 is 0. The molecule has 2 aromatic rings. The van der Waals surface area contributed by atoms with Gasteiger partial charge in [-0.25, -0.2) is 4.98 Å². The second-order valence-corrected chi connectivity index (χ2v) is 5.71. The molecule has 0 aliphatic carbocycles. The third-order valence-electron chi connectivity index (χ3n) is 4.17. The number of hydrogen-bond donors (Lipinski definition) is 2. The van der Waals surface area contributed by atoms with E-state index in [-0.39, 0.29) is 5.84 Å². The number of aromatic nitrogens is 1. The van der Waals surface area contributed by atoms with Crippen LogP contribution in [0.4, 0.5) is 5.82 Å². The molecule has 21 heavy (non-hydrogen) atoms. The first-order valence-electron chi connectivity index (χ1n) is 7.31. The zero-order chi connectivity index (χ0) is 14.8. The van der Waals surface area contributed by atoms with Crippen molar-refractivity contribution < 1.29 is 5.21 Å². The highest BCUT2D eigenvalue weighted by atomic mass is 16.4. The van der Waals surface area contributed by atoms with Gasteiger partial charge in [-0.05, 0) is 30.9 Å². The van der Waals surface area contributed by atoms with Crippen molar-refractivity contribution in [2.45, 2.75) is 19.8 Å². The van der Waals surface area contributed by atoms with E-state index < -0.39 is 0 Å². The fourth-order valence-electron chi connectivity index (χ4n) is 2.81. The zero-order valence-corrected chi connectivity index (χ0v) is 12.2. The van der Waals surface area contributed by atoms with Crippen LogP contribution >= 0.6 is 0 Å². The third kappa shape index (κ3) is 2.63. The maximum Gasteiger partial charge on any atom is 0.173 e. The minimum atomic E-state index is 0.113. The van der Waals surface area contributed by atoms with Crippen molar-refractivity contribution in [3.63, 3.8) is 0 Å². The Morgan fingerprint density at radius 1 is 1.33 bits per heavy atom. The molecule has 1 fully saturated rings. The first-order chi connectivity index (χ1) is 10.2. The Hall–Kier alpha value is -2.30.